The molecule has 1 amide bonds. The van der Waals surface area contributed by atoms with E-state index in [1.807, 2.05) is 0 Å². The van der Waals surface area contributed by atoms with Gasteiger partial charge in [0.05, 0.1) is 5.56 Å². The molecule has 3 nitrogen and oxygen atoms in total. The summed E-state index contributed by atoms with van der Waals surface area (Å²) in [4.78, 5) is 23.5. The summed E-state index contributed by atoms with van der Waals surface area (Å²) >= 11 is 0. The lowest BCUT2D eigenvalue weighted by atomic mass is 9.95. The molecule has 19 heavy (non-hydrogen) atoms. The number of rotatable bonds is 3. The third-order valence-corrected chi connectivity index (χ3v) is 3.32. The van der Waals surface area contributed by atoms with Crippen LogP contribution in [-0.2, 0) is 4.79 Å². The molecule has 0 unspecified atom stereocenters. The van der Waals surface area contributed by atoms with Crippen molar-refractivity contribution in [3.8, 4) is 0 Å². The van der Waals surface area contributed by atoms with E-state index in [1.54, 1.807) is 0 Å². The van der Waals surface area contributed by atoms with E-state index in [1.165, 1.54) is 0 Å². The number of nitrogens with one attached hydrogen (secondary N) is 1. The first-order valence-corrected chi connectivity index (χ1v) is 6.38. The van der Waals surface area contributed by atoms with Gasteiger partial charge in [-0.3, -0.25) is 9.59 Å². The van der Waals surface area contributed by atoms with Crippen LogP contribution in [0.25, 0.3) is 0 Å². The van der Waals surface area contributed by atoms with Crippen molar-refractivity contribution in [1.29, 1.82) is 0 Å². The first-order valence-electron chi connectivity index (χ1n) is 6.38. The van der Waals surface area contributed by atoms with Crippen LogP contribution in [0.2, 0.25) is 0 Å². The van der Waals surface area contributed by atoms with Gasteiger partial charge in [0, 0.05) is 6.04 Å². The summed E-state index contributed by atoms with van der Waals surface area (Å²) < 4.78 is 26.4. The topological polar surface area (TPSA) is 46.2 Å². The predicted octanol–water partition coefficient (Wildman–Crippen LogP) is 2.60. The SMILES string of the molecule is O=C(NC1CCCCC1)C(=O)c1cc(F)ccc1F. The third kappa shape index (κ3) is 3.36. The lowest BCUT2D eigenvalue weighted by Gasteiger charge is -2.22. The quantitative estimate of drug-likeness (QED) is 0.676. The Labute approximate surface area is 110 Å². The molecule has 102 valence electrons. The highest BCUT2D eigenvalue weighted by molar-refractivity contribution is 6.42. The summed E-state index contributed by atoms with van der Waals surface area (Å²) in [7, 11) is 0. The molecule has 0 atom stereocenters. The number of hydrogen-bond acceptors (Lipinski definition) is 2. The van der Waals surface area contributed by atoms with Gasteiger partial charge in [-0.05, 0) is 31.0 Å². The van der Waals surface area contributed by atoms with Gasteiger partial charge < -0.3 is 5.32 Å². The van der Waals surface area contributed by atoms with Gasteiger partial charge in [0.15, 0.2) is 0 Å². The van der Waals surface area contributed by atoms with Gasteiger partial charge in [-0.2, -0.15) is 0 Å². The molecule has 2 rings (SSSR count). The largest absolute Gasteiger partial charge is 0.346 e. The predicted molar refractivity (Wildman–Crippen MR) is 65.7 cm³/mol. The summed E-state index contributed by atoms with van der Waals surface area (Å²) in [6.45, 7) is 0. The zero-order chi connectivity index (χ0) is 13.8. The van der Waals surface area contributed by atoms with Crippen LogP contribution < -0.4 is 5.32 Å². The minimum atomic E-state index is -1.03. The van der Waals surface area contributed by atoms with Crippen LogP contribution in [0.4, 0.5) is 8.78 Å². The first kappa shape index (κ1) is 13.6. The van der Waals surface area contributed by atoms with Crippen LogP contribution in [0.1, 0.15) is 42.5 Å². The first-order chi connectivity index (χ1) is 9.08. The molecule has 5 heteroatoms. The van der Waals surface area contributed by atoms with Crippen LogP contribution in [0.15, 0.2) is 18.2 Å². The van der Waals surface area contributed by atoms with Crippen molar-refractivity contribution < 1.29 is 18.4 Å². The van der Waals surface area contributed by atoms with E-state index < -0.39 is 28.9 Å². The molecule has 0 radical (unpaired) electrons. The standard InChI is InChI=1S/C14H15F2NO2/c15-9-6-7-12(16)11(8-9)13(18)14(19)17-10-4-2-1-3-5-10/h6-8,10H,1-5H2,(H,17,19). The fraction of sp³-hybridized carbons (Fsp3) is 0.429. The second-order valence-electron chi connectivity index (χ2n) is 4.76. The highest BCUT2D eigenvalue weighted by atomic mass is 19.1. The molecule has 0 aromatic heterocycles. The molecule has 1 aromatic rings. The number of hydrogen-bond donors (Lipinski definition) is 1. The zero-order valence-corrected chi connectivity index (χ0v) is 10.4. The van der Waals surface area contributed by atoms with Crippen LogP contribution >= 0.6 is 0 Å². The summed E-state index contributed by atoms with van der Waals surface area (Å²) in [6.07, 6.45) is 4.79. The van der Waals surface area contributed by atoms with E-state index in [0.29, 0.717) is 0 Å². The average Bonchev–Trinajstić information content (AvgIpc) is 2.42. The van der Waals surface area contributed by atoms with E-state index in [0.717, 1.165) is 50.3 Å². The number of halogens is 2. The molecule has 1 aliphatic rings. The number of amides is 1. The van der Waals surface area contributed by atoms with Crippen molar-refractivity contribution in [3.63, 3.8) is 0 Å². The number of benzene rings is 1. The van der Waals surface area contributed by atoms with Crippen molar-refractivity contribution in [2.45, 2.75) is 38.1 Å². The van der Waals surface area contributed by atoms with Crippen LogP contribution in [0, 0.1) is 11.6 Å². The van der Waals surface area contributed by atoms with Gasteiger partial charge in [-0.1, -0.05) is 19.3 Å². The summed E-state index contributed by atoms with van der Waals surface area (Å²) in [5, 5.41) is 2.59. The molecular formula is C14H15F2NO2. The molecule has 1 saturated carbocycles. The molecule has 0 bridgehead atoms. The maximum atomic E-state index is 13.4. The second-order valence-corrected chi connectivity index (χ2v) is 4.76. The Kier molecular flexibility index (Phi) is 4.24. The number of Topliss-reactive ketones (excluding diaryl/α,β-unsaturated/α-hetero) is 1. The normalized spacial score (nSPS) is 16.1. The van der Waals surface area contributed by atoms with Crippen LogP contribution in [-0.4, -0.2) is 17.7 Å². The van der Waals surface area contributed by atoms with E-state index in [2.05, 4.69) is 5.32 Å². The Hall–Kier alpha value is -1.78. The van der Waals surface area contributed by atoms with Crippen molar-refractivity contribution in [2.24, 2.45) is 0 Å². The van der Waals surface area contributed by atoms with Gasteiger partial charge in [-0.25, -0.2) is 8.78 Å². The second kappa shape index (κ2) is 5.91. The molecule has 0 spiro atoms. The Morgan fingerprint density at radius 2 is 1.79 bits per heavy atom. The fourth-order valence-corrected chi connectivity index (χ4v) is 2.29. The number of ketones is 1. The molecule has 1 aromatic carbocycles. The van der Waals surface area contributed by atoms with Gasteiger partial charge in [0.1, 0.15) is 11.6 Å². The average molecular weight is 267 g/mol. The number of carbonyl (C=O) groups is 2. The van der Waals surface area contributed by atoms with Crippen LogP contribution in [0.5, 0.6) is 0 Å². The maximum absolute atomic E-state index is 13.4. The van der Waals surface area contributed by atoms with Gasteiger partial charge in [-0.15, -0.1) is 0 Å². The monoisotopic (exact) mass is 267 g/mol. The van der Waals surface area contributed by atoms with E-state index in [4.69, 9.17) is 0 Å². The Morgan fingerprint density at radius 1 is 1.11 bits per heavy atom. The van der Waals surface area contributed by atoms with E-state index in [9.17, 15) is 18.4 Å². The highest BCUT2D eigenvalue weighted by Crippen LogP contribution is 2.18. The maximum Gasteiger partial charge on any atom is 0.292 e. The van der Waals surface area contributed by atoms with Gasteiger partial charge >= 0.3 is 0 Å². The van der Waals surface area contributed by atoms with Crippen molar-refractivity contribution in [3.05, 3.63) is 35.4 Å². The molecule has 0 heterocycles. The highest BCUT2D eigenvalue weighted by Gasteiger charge is 2.24. The molecule has 0 saturated heterocycles. The van der Waals surface area contributed by atoms with Crippen molar-refractivity contribution >= 4 is 11.7 Å². The molecule has 1 N–H and O–H groups in total. The van der Waals surface area contributed by atoms with Crippen LogP contribution in [0.3, 0.4) is 0 Å². The molecule has 1 aliphatic carbocycles. The molecule has 0 aliphatic heterocycles. The summed E-state index contributed by atoms with van der Waals surface area (Å²) in [6, 6.07) is 2.46. The van der Waals surface area contributed by atoms with Gasteiger partial charge in [0.2, 0.25) is 0 Å². The van der Waals surface area contributed by atoms with Gasteiger partial charge in [0.25, 0.3) is 11.7 Å². The van der Waals surface area contributed by atoms with E-state index >= 15 is 0 Å². The lowest BCUT2D eigenvalue weighted by molar-refractivity contribution is -0.117. The molecule has 1 fully saturated rings. The summed E-state index contributed by atoms with van der Waals surface area (Å²) in [5.74, 6) is -3.51. The minimum Gasteiger partial charge on any atom is -0.346 e. The lowest BCUT2D eigenvalue weighted by Crippen LogP contribution is -2.40. The Morgan fingerprint density at radius 3 is 2.47 bits per heavy atom. The van der Waals surface area contributed by atoms with Crippen molar-refractivity contribution in [2.75, 3.05) is 0 Å². The number of carbonyl (C=O) groups excluding carboxylic acids is 2. The third-order valence-electron chi connectivity index (χ3n) is 3.32. The van der Waals surface area contributed by atoms with E-state index in [-0.39, 0.29) is 6.04 Å². The summed E-state index contributed by atoms with van der Waals surface area (Å²) in [5.41, 5.74) is -0.520. The Balaban J connectivity index is 2.05. The Bertz CT molecular complexity index is 496. The minimum absolute atomic E-state index is 0.0400. The van der Waals surface area contributed by atoms with Crippen molar-refractivity contribution in [1.82, 2.24) is 5.32 Å². The zero-order valence-electron chi connectivity index (χ0n) is 10.4. The smallest absolute Gasteiger partial charge is 0.292 e. The fourth-order valence-electron chi connectivity index (χ4n) is 2.29. The molecular weight excluding hydrogens is 252 g/mol.